The quantitative estimate of drug-likeness (QED) is 0.254. The van der Waals surface area contributed by atoms with E-state index in [0.29, 0.717) is 31.2 Å². The third kappa shape index (κ3) is 7.65. The molecule has 0 saturated heterocycles. The third-order valence-corrected chi connectivity index (χ3v) is 5.53. The summed E-state index contributed by atoms with van der Waals surface area (Å²) in [7, 11) is 1.71. The van der Waals surface area contributed by atoms with Crippen molar-refractivity contribution in [1.82, 2.24) is 25.1 Å². The maximum atomic E-state index is 14.6. The Labute approximate surface area is 218 Å². The number of nitrogens with one attached hydrogen (secondary N) is 1. The molecule has 0 aliphatic heterocycles. The molecule has 1 atom stereocenters. The maximum Gasteiger partial charge on any atom is 0.425 e. The highest BCUT2D eigenvalue weighted by Crippen LogP contribution is 2.33. The zero-order valence-corrected chi connectivity index (χ0v) is 20.7. The number of benzene rings is 1. The second kappa shape index (κ2) is 12.5. The minimum atomic E-state index is -4.90. The van der Waals surface area contributed by atoms with E-state index in [4.69, 9.17) is 4.74 Å². The van der Waals surface area contributed by atoms with Crippen LogP contribution in [0.25, 0.3) is 17.5 Å². The number of aldehydes is 1. The summed E-state index contributed by atoms with van der Waals surface area (Å²) in [6, 6.07) is 2.31. The second-order valence-corrected chi connectivity index (χ2v) is 8.52. The number of nitrogens with zero attached hydrogens (tertiary/aromatic N) is 4. The highest BCUT2D eigenvalue weighted by atomic mass is 19.4. The average molecular weight is 555 g/mol. The molecule has 3 aromatic rings. The molecule has 2 aromatic heterocycles. The molecule has 1 aromatic carbocycles. The van der Waals surface area contributed by atoms with Crippen molar-refractivity contribution in [3.63, 3.8) is 0 Å². The van der Waals surface area contributed by atoms with E-state index in [9.17, 15) is 35.9 Å². The monoisotopic (exact) mass is 555 g/mol. The van der Waals surface area contributed by atoms with E-state index in [2.05, 4.69) is 15.1 Å². The highest BCUT2D eigenvalue weighted by molar-refractivity contribution is 5.84. The molecule has 208 valence electrons. The van der Waals surface area contributed by atoms with Crippen molar-refractivity contribution in [2.24, 2.45) is 0 Å². The van der Waals surface area contributed by atoms with Crippen LogP contribution in [0.1, 0.15) is 53.2 Å². The fourth-order valence-corrected chi connectivity index (χ4v) is 3.54. The summed E-state index contributed by atoms with van der Waals surface area (Å²) < 4.78 is 84.9. The Morgan fingerprint density at radius 3 is 2.44 bits per heavy atom. The number of H-pyrrole nitrogens is 1. The summed E-state index contributed by atoms with van der Waals surface area (Å²) in [6.45, 7) is 2.00. The lowest BCUT2D eigenvalue weighted by molar-refractivity contribution is -0.140. The SMILES string of the molecule is CC(CCCN(C)/C=C\c1cc(-c2ncc(C(F)F)cn2)c(F)cc1C=O)Oc1cn[nH]c(=O)c1C(F)(F)F. The van der Waals surface area contributed by atoms with Crippen molar-refractivity contribution in [2.45, 2.75) is 38.5 Å². The van der Waals surface area contributed by atoms with Crippen molar-refractivity contribution >= 4 is 12.4 Å². The van der Waals surface area contributed by atoms with Crippen molar-refractivity contribution in [3.8, 4) is 17.1 Å². The van der Waals surface area contributed by atoms with Gasteiger partial charge in [0.15, 0.2) is 23.4 Å². The predicted octanol–water partition coefficient (Wildman–Crippen LogP) is 5.29. The minimum absolute atomic E-state index is 0.0408. The molecule has 0 saturated carbocycles. The van der Waals surface area contributed by atoms with Gasteiger partial charge in [0.25, 0.3) is 12.0 Å². The Balaban J connectivity index is 1.64. The first-order chi connectivity index (χ1) is 18.4. The molecule has 39 heavy (non-hydrogen) atoms. The molecule has 14 heteroatoms. The molecular weight excluding hydrogens is 532 g/mol. The van der Waals surface area contributed by atoms with Gasteiger partial charge in [0, 0.05) is 31.5 Å². The van der Waals surface area contributed by atoms with Crippen molar-refractivity contribution in [2.75, 3.05) is 13.6 Å². The van der Waals surface area contributed by atoms with Crippen LogP contribution >= 0.6 is 0 Å². The van der Waals surface area contributed by atoms with E-state index < -0.39 is 47.0 Å². The van der Waals surface area contributed by atoms with Crippen LogP contribution in [0.2, 0.25) is 0 Å². The van der Waals surface area contributed by atoms with Gasteiger partial charge in [0.2, 0.25) is 0 Å². The second-order valence-electron chi connectivity index (χ2n) is 8.52. The van der Waals surface area contributed by atoms with Crippen LogP contribution < -0.4 is 10.3 Å². The van der Waals surface area contributed by atoms with Gasteiger partial charge in [-0.1, -0.05) is 0 Å². The summed E-state index contributed by atoms with van der Waals surface area (Å²) >= 11 is 0. The van der Waals surface area contributed by atoms with E-state index in [1.165, 1.54) is 12.1 Å². The van der Waals surface area contributed by atoms with E-state index in [1.54, 1.807) is 30.2 Å². The number of rotatable bonds is 11. The topological polar surface area (TPSA) is 101 Å². The number of carbonyl (C=O) groups is 1. The molecule has 0 bridgehead atoms. The van der Waals surface area contributed by atoms with Crippen molar-refractivity contribution in [3.05, 3.63) is 75.3 Å². The normalized spacial score (nSPS) is 12.6. The number of carbonyl (C=O) groups excluding carboxylic acids is 1. The van der Waals surface area contributed by atoms with Gasteiger partial charge in [-0.15, -0.1) is 0 Å². The number of hydrogen-bond donors (Lipinski definition) is 1. The van der Waals surface area contributed by atoms with Crippen molar-refractivity contribution in [1.29, 1.82) is 0 Å². The molecular formula is C25H23F6N5O3. The smallest absolute Gasteiger partial charge is 0.425 e. The molecule has 1 N–H and O–H groups in total. The van der Waals surface area contributed by atoms with Gasteiger partial charge in [0.1, 0.15) is 5.82 Å². The largest absolute Gasteiger partial charge is 0.488 e. The predicted molar refractivity (Wildman–Crippen MR) is 129 cm³/mol. The first kappa shape index (κ1) is 29.3. The number of alkyl halides is 5. The fraction of sp³-hybridized carbons (Fsp3) is 0.320. The van der Waals surface area contributed by atoms with Gasteiger partial charge >= 0.3 is 6.18 Å². The number of hydrogen-bond acceptors (Lipinski definition) is 7. The lowest BCUT2D eigenvalue weighted by Crippen LogP contribution is -2.26. The van der Waals surface area contributed by atoms with Crippen molar-refractivity contribution < 1.29 is 35.9 Å². The molecule has 3 rings (SSSR count). The van der Waals surface area contributed by atoms with Gasteiger partial charge in [0.05, 0.1) is 23.4 Å². The van der Waals surface area contributed by atoms with Gasteiger partial charge in [-0.2, -0.15) is 18.3 Å². The number of aromatic amines is 1. The summed E-state index contributed by atoms with van der Waals surface area (Å²) in [5.41, 5.74) is -2.98. The fourth-order valence-electron chi connectivity index (χ4n) is 3.54. The molecule has 0 aliphatic carbocycles. The lowest BCUT2D eigenvalue weighted by Gasteiger charge is -2.19. The molecule has 0 fully saturated rings. The Bertz CT molecular complexity index is 1380. The Morgan fingerprint density at radius 1 is 1.13 bits per heavy atom. The molecule has 1 unspecified atom stereocenters. The molecule has 0 aliphatic rings. The highest BCUT2D eigenvalue weighted by Gasteiger charge is 2.38. The number of aromatic nitrogens is 4. The van der Waals surface area contributed by atoms with Gasteiger partial charge < -0.3 is 9.64 Å². The summed E-state index contributed by atoms with van der Waals surface area (Å²) in [4.78, 5) is 32.3. The van der Waals surface area contributed by atoms with Crippen LogP contribution in [0.15, 0.2) is 41.7 Å². The Morgan fingerprint density at radius 2 is 1.82 bits per heavy atom. The zero-order valence-electron chi connectivity index (χ0n) is 20.7. The zero-order chi connectivity index (χ0) is 28.7. The number of ether oxygens (including phenoxy) is 1. The Kier molecular flexibility index (Phi) is 9.43. The van der Waals surface area contributed by atoms with Gasteiger partial charge in [-0.05, 0) is 49.7 Å². The summed E-state index contributed by atoms with van der Waals surface area (Å²) in [5, 5.41) is 5.10. The van der Waals surface area contributed by atoms with Crippen LogP contribution in [-0.4, -0.2) is 51.0 Å². The van der Waals surface area contributed by atoms with Crippen LogP contribution in [-0.2, 0) is 6.18 Å². The van der Waals surface area contributed by atoms with Crippen LogP contribution in [0, 0.1) is 5.82 Å². The van der Waals surface area contributed by atoms with E-state index in [1.807, 2.05) is 0 Å². The average Bonchev–Trinajstić information content (AvgIpc) is 2.87. The standard InChI is InChI=1S/C25H23F6N5O3/c1-14(39-20-12-34-35-24(38)21(20)25(29,30)31)4-3-6-36(2)7-5-15-8-18(19(26)9-16(15)13-37)23-32-10-17(11-33-23)22(27)28/h5,7-14,22H,3-4,6H2,1-2H3,(H,35,38)/b7-5-. The first-order valence-electron chi connectivity index (χ1n) is 11.5. The van der Waals surface area contributed by atoms with E-state index >= 15 is 0 Å². The van der Waals surface area contributed by atoms with E-state index in [-0.39, 0.29) is 17.0 Å². The summed E-state index contributed by atoms with van der Waals surface area (Å²) in [6.07, 6.45) is -1.32. The van der Waals surface area contributed by atoms with E-state index in [0.717, 1.165) is 24.7 Å². The summed E-state index contributed by atoms with van der Waals surface area (Å²) in [5.74, 6) is -1.59. The van der Waals surface area contributed by atoms with Gasteiger partial charge in [-0.3, -0.25) is 9.59 Å². The Hall–Kier alpha value is -4.23. The van der Waals surface area contributed by atoms with Crippen LogP contribution in [0.5, 0.6) is 5.75 Å². The lowest BCUT2D eigenvalue weighted by atomic mass is 10.0. The third-order valence-electron chi connectivity index (χ3n) is 5.53. The van der Waals surface area contributed by atoms with Crippen LogP contribution in [0.3, 0.4) is 0 Å². The molecule has 0 radical (unpaired) electrons. The molecule has 2 heterocycles. The minimum Gasteiger partial charge on any atom is -0.488 e. The van der Waals surface area contributed by atoms with Crippen LogP contribution in [0.4, 0.5) is 26.3 Å². The molecule has 8 nitrogen and oxygen atoms in total. The van der Waals surface area contributed by atoms with Gasteiger partial charge in [-0.25, -0.2) is 28.2 Å². The number of halogens is 6. The maximum absolute atomic E-state index is 14.6. The molecule has 0 spiro atoms. The molecule has 0 amide bonds. The first-order valence-corrected chi connectivity index (χ1v) is 11.5.